The van der Waals surface area contributed by atoms with Crippen LogP contribution in [-0.2, 0) is 6.54 Å². The molecule has 4 aromatic rings. The number of hydrogen-bond acceptors (Lipinski definition) is 6. The van der Waals surface area contributed by atoms with Gasteiger partial charge in [0, 0.05) is 24.9 Å². The van der Waals surface area contributed by atoms with Gasteiger partial charge in [-0.25, -0.2) is 4.68 Å². The van der Waals surface area contributed by atoms with E-state index in [9.17, 15) is 20.1 Å². The van der Waals surface area contributed by atoms with Crippen LogP contribution in [-0.4, -0.2) is 47.9 Å². The van der Waals surface area contributed by atoms with Crippen LogP contribution in [0.1, 0.15) is 16.1 Å². The van der Waals surface area contributed by atoms with E-state index in [-0.39, 0.29) is 34.9 Å². The van der Waals surface area contributed by atoms with Gasteiger partial charge >= 0.3 is 0 Å². The number of aromatic nitrogens is 3. The van der Waals surface area contributed by atoms with Crippen LogP contribution in [0.3, 0.4) is 0 Å². The molecule has 9 heteroatoms. The topological polar surface area (TPSA) is 112 Å². The van der Waals surface area contributed by atoms with Crippen LogP contribution < -0.4 is 0 Å². The lowest BCUT2D eigenvalue weighted by atomic mass is 10.0. The Hall–Kier alpha value is -4.04. The monoisotopic (exact) mass is 450 g/mol. The van der Waals surface area contributed by atoms with E-state index < -0.39 is 5.91 Å². The van der Waals surface area contributed by atoms with Crippen LogP contribution in [0.5, 0.6) is 17.2 Å². The standard InChI is InChI=1S/C23H19ClN4O4/c1-27(13-17-20(29)7-4-9-25-17)23(32)15-11-14(21(30)12-22(15)31)18-8-10-26-28(18)19-6-3-2-5-16(19)24/h2-12,29-31H,13H2,1H3. The number of amides is 1. The molecule has 0 aliphatic heterocycles. The molecule has 2 heterocycles. The Morgan fingerprint density at radius 3 is 2.53 bits per heavy atom. The summed E-state index contributed by atoms with van der Waals surface area (Å²) in [6, 6.07) is 14.3. The van der Waals surface area contributed by atoms with Crippen molar-refractivity contribution in [2.75, 3.05) is 7.05 Å². The molecule has 3 N–H and O–H groups in total. The summed E-state index contributed by atoms with van der Waals surface area (Å²) in [5.74, 6) is -1.15. The van der Waals surface area contributed by atoms with E-state index in [4.69, 9.17) is 11.6 Å². The Morgan fingerprint density at radius 2 is 1.78 bits per heavy atom. The zero-order valence-corrected chi connectivity index (χ0v) is 17.7. The van der Waals surface area contributed by atoms with Crippen LogP contribution in [0.25, 0.3) is 16.9 Å². The summed E-state index contributed by atoms with van der Waals surface area (Å²) in [5.41, 5.74) is 1.66. The minimum absolute atomic E-state index is 0.0253. The second kappa shape index (κ2) is 8.60. The Kier molecular flexibility index (Phi) is 5.70. The molecule has 0 bridgehead atoms. The minimum Gasteiger partial charge on any atom is -0.507 e. The van der Waals surface area contributed by atoms with E-state index in [1.54, 1.807) is 47.3 Å². The van der Waals surface area contributed by atoms with Crippen molar-refractivity contribution in [3.8, 4) is 34.2 Å². The number of benzene rings is 2. The van der Waals surface area contributed by atoms with Crippen molar-refractivity contribution in [2.24, 2.45) is 0 Å². The lowest BCUT2D eigenvalue weighted by Crippen LogP contribution is -2.26. The molecule has 0 saturated carbocycles. The van der Waals surface area contributed by atoms with Crippen molar-refractivity contribution in [3.63, 3.8) is 0 Å². The summed E-state index contributed by atoms with van der Waals surface area (Å²) in [6.45, 7) is 0.0265. The van der Waals surface area contributed by atoms with Crippen molar-refractivity contribution in [3.05, 3.63) is 83.3 Å². The summed E-state index contributed by atoms with van der Waals surface area (Å²) in [5, 5.41) is 35.6. The third-order valence-corrected chi connectivity index (χ3v) is 5.26. The predicted octanol–water partition coefficient (Wildman–Crippen LogP) is 3.98. The smallest absolute Gasteiger partial charge is 0.257 e. The number of aromatic hydroxyl groups is 3. The van der Waals surface area contributed by atoms with Crippen LogP contribution in [0.2, 0.25) is 5.02 Å². The Labute approximate surface area is 188 Å². The first kappa shape index (κ1) is 21.2. The highest BCUT2D eigenvalue weighted by Crippen LogP contribution is 2.37. The number of hydrogen-bond donors (Lipinski definition) is 3. The molecule has 1 amide bonds. The second-order valence-electron chi connectivity index (χ2n) is 7.10. The number of pyridine rings is 1. The van der Waals surface area contributed by atoms with Gasteiger partial charge in [0.2, 0.25) is 0 Å². The van der Waals surface area contributed by atoms with Crippen molar-refractivity contribution in [2.45, 2.75) is 6.54 Å². The molecule has 2 aromatic carbocycles. The van der Waals surface area contributed by atoms with Gasteiger partial charge < -0.3 is 20.2 Å². The van der Waals surface area contributed by atoms with Gasteiger partial charge in [0.05, 0.1) is 34.7 Å². The molecular formula is C23H19ClN4O4. The van der Waals surface area contributed by atoms with E-state index in [1.165, 1.54) is 30.3 Å². The maximum Gasteiger partial charge on any atom is 0.257 e. The highest BCUT2D eigenvalue weighted by atomic mass is 35.5. The first-order valence-electron chi connectivity index (χ1n) is 9.60. The average Bonchev–Trinajstić information content (AvgIpc) is 3.24. The van der Waals surface area contributed by atoms with Crippen molar-refractivity contribution in [1.29, 1.82) is 0 Å². The molecular weight excluding hydrogens is 432 g/mol. The van der Waals surface area contributed by atoms with Gasteiger partial charge in [-0.15, -0.1) is 0 Å². The summed E-state index contributed by atoms with van der Waals surface area (Å²) >= 11 is 6.30. The molecule has 162 valence electrons. The third-order valence-electron chi connectivity index (χ3n) is 4.94. The summed E-state index contributed by atoms with van der Waals surface area (Å²) in [4.78, 5) is 18.4. The van der Waals surface area contributed by atoms with Gasteiger partial charge in [-0.2, -0.15) is 5.10 Å². The second-order valence-corrected chi connectivity index (χ2v) is 7.50. The number of halogens is 1. The Bertz CT molecular complexity index is 1300. The quantitative estimate of drug-likeness (QED) is 0.424. The molecule has 2 aromatic heterocycles. The highest BCUT2D eigenvalue weighted by Gasteiger charge is 2.22. The SMILES string of the molecule is CN(Cc1ncccc1O)C(=O)c1cc(-c2ccnn2-c2ccccc2Cl)c(O)cc1O. The van der Waals surface area contributed by atoms with E-state index in [1.807, 2.05) is 0 Å². The largest absolute Gasteiger partial charge is 0.507 e. The molecule has 8 nitrogen and oxygen atoms in total. The van der Waals surface area contributed by atoms with Gasteiger partial charge in [0.1, 0.15) is 22.9 Å². The molecule has 0 radical (unpaired) electrons. The van der Waals surface area contributed by atoms with Crippen LogP contribution >= 0.6 is 11.6 Å². The van der Waals surface area contributed by atoms with Gasteiger partial charge in [0.15, 0.2) is 0 Å². The first-order valence-corrected chi connectivity index (χ1v) is 9.98. The molecule has 0 unspecified atom stereocenters. The van der Waals surface area contributed by atoms with E-state index >= 15 is 0 Å². The highest BCUT2D eigenvalue weighted by molar-refractivity contribution is 6.32. The normalized spacial score (nSPS) is 10.8. The molecule has 32 heavy (non-hydrogen) atoms. The van der Waals surface area contributed by atoms with E-state index in [2.05, 4.69) is 10.1 Å². The minimum atomic E-state index is -0.516. The zero-order chi connectivity index (χ0) is 22.8. The Balaban J connectivity index is 1.72. The number of carbonyl (C=O) groups is 1. The van der Waals surface area contributed by atoms with Crippen LogP contribution in [0.4, 0.5) is 0 Å². The Morgan fingerprint density at radius 1 is 1.00 bits per heavy atom. The van der Waals surface area contributed by atoms with Gasteiger partial charge in [-0.05, 0) is 36.4 Å². The molecule has 0 fully saturated rings. The van der Waals surface area contributed by atoms with Crippen molar-refractivity contribution >= 4 is 17.5 Å². The van der Waals surface area contributed by atoms with E-state index in [0.29, 0.717) is 22.1 Å². The lowest BCUT2D eigenvalue weighted by molar-refractivity contribution is 0.0779. The molecule has 4 rings (SSSR count). The fourth-order valence-corrected chi connectivity index (χ4v) is 3.55. The van der Waals surface area contributed by atoms with E-state index in [0.717, 1.165) is 6.07 Å². The number of phenols is 2. The zero-order valence-electron chi connectivity index (χ0n) is 17.0. The molecule has 0 aliphatic rings. The van der Waals surface area contributed by atoms with Crippen LogP contribution in [0.15, 0.2) is 67.0 Å². The van der Waals surface area contributed by atoms with Gasteiger partial charge in [0.25, 0.3) is 5.91 Å². The molecule has 0 saturated heterocycles. The number of carbonyl (C=O) groups excluding carboxylic acids is 1. The van der Waals surface area contributed by atoms with Crippen LogP contribution in [0, 0.1) is 0 Å². The summed E-state index contributed by atoms with van der Waals surface area (Å²) in [6.07, 6.45) is 3.06. The fraction of sp³-hybridized carbons (Fsp3) is 0.0870. The number of para-hydroxylation sites is 1. The van der Waals surface area contributed by atoms with Crippen molar-refractivity contribution in [1.82, 2.24) is 19.7 Å². The molecule has 0 atom stereocenters. The molecule has 0 spiro atoms. The number of phenolic OH excluding ortho intramolecular Hbond substituents is 2. The van der Waals surface area contributed by atoms with Gasteiger partial charge in [-0.1, -0.05) is 23.7 Å². The first-order chi connectivity index (χ1) is 15.4. The average molecular weight is 451 g/mol. The lowest BCUT2D eigenvalue weighted by Gasteiger charge is -2.19. The predicted molar refractivity (Wildman–Crippen MR) is 119 cm³/mol. The fourth-order valence-electron chi connectivity index (χ4n) is 3.33. The maximum absolute atomic E-state index is 13.1. The number of rotatable bonds is 5. The van der Waals surface area contributed by atoms with Gasteiger partial charge in [-0.3, -0.25) is 9.78 Å². The summed E-state index contributed by atoms with van der Waals surface area (Å²) < 4.78 is 1.54. The summed E-state index contributed by atoms with van der Waals surface area (Å²) in [7, 11) is 1.52. The van der Waals surface area contributed by atoms with Crippen molar-refractivity contribution < 1.29 is 20.1 Å². The number of nitrogens with zero attached hydrogens (tertiary/aromatic N) is 4. The maximum atomic E-state index is 13.1. The third kappa shape index (κ3) is 3.95. The molecule has 0 aliphatic carbocycles.